The second-order valence-corrected chi connectivity index (χ2v) is 16.8. The monoisotopic (exact) mass is 795 g/mol. The van der Waals surface area contributed by atoms with Crippen molar-refractivity contribution >= 4 is 59.3 Å². The van der Waals surface area contributed by atoms with Crippen LogP contribution < -0.4 is 4.90 Å². The van der Waals surface area contributed by atoms with E-state index in [1.165, 1.54) is 92.1 Å². The summed E-state index contributed by atoms with van der Waals surface area (Å²) in [5.74, 6) is 0. The fourth-order valence-corrected chi connectivity index (χ4v) is 10.3. The van der Waals surface area contributed by atoms with Crippen LogP contribution in [0.2, 0.25) is 0 Å². The van der Waals surface area contributed by atoms with Crippen molar-refractivity contribution in [3.63, 3.8) is 0 Å². The van der Waals surface area contributed by atoms with Crippen LogP contribution in [0.5, 0.6) is 0 Å². The van der Waals surface area contributed by atoms with Gasteiger partial charge < -0.3 is 4.90 Å². The third-order valence-corrected chi connectivity index (χ3v) is 13.1. The van der Waals surface area contributed by atoms with E-state index in [-0.39, 0.29) is 0 Å². The Morgan fingerprint density at radius 2 is 0.885 bits per heavy atom. The van der Waals surface area contributed by atoms with E-state index in [1.807, 2.05) is 11.3 Å². The molecule has 0 radical (unpaired) electrons. The molecule has 0 amide bonds. The highest BCUT2D eigenvalue weighted by Gasteiger charge is 2.18. The van der Waals surface area contributed by atoms with Crippen LogP contribution in [0.25, 0.3) is 86.6 Å². The lowest BCUT2D eigenvalue weighted by Crippen LogP contribution is -2.09. The van der Waals surface area contributed by atoms with Crippen LogP contribution in [-0.4, -0.2) is 0 Å². The van der Waals surface area contributed by atoms with E-state index in [0.717, 1.165) is 17.1 Å². The molecule has 0 aliphatic carbocycles. The Balaban J connectivity index is 1.02. The molecule has 1 aromatic heterocycles. The van der Waals surface area contributed by atoms with Crippen LogP contribution in [-0.2, 0) is 0 Å². The van der Waals surface area contributed by atoms with E-state index in [2.05, 4.69) is 242 Å². The number of rotatable bonds is 8. The summed E-state index contributed by atoms with van der Waals surface area (Å²) in [6.07, 6.45) is 0. The number of fused-ring (bicyclic) bond motifs is 4. The van der Waals surface area contributed by atoms with Crippen molar-refractivity contribution in [3.05, 3.63) is 236 Å². The van der Waals surface area contributed by atoms with E-state index in [0.29, 0.717) is 0 Å². The molecule has 0 unspecified atom stereocenters. The molecule has 2 heteroatoms. The minimum Gasteiger partial charge on any atom is -0.310 e. The van der Waals surface area contributed by atoms with Gasteiger partial charge in [0.05, 0.1) is 0 Å². The van der Waals surface area contributed by atoms with Gasteiger partial charge in [-0.15, -0.1) is 11.3 Å². The van der Waals surface area contributed by atoms with Gasteiger partial charge in [-0.2, -0.15) is 0 Å². The minimum absolute atomic E-state index is 1.10. The summed E-state index contributed by atoms with van der Waals surface area (Å²) in [4.78, 5) is 2.40. The third-order valence-electron chi connectivity index (χ3n) is 12.0. The molecule has 0 saturated carbocycles. The molecule has 288 valence electrons. The first-order valence-electron chi connectivity index (χ1n) is 20.9. The number of hydrogen-bond acceptors (Lipinski definition) is 2. The van der Waals surface area contributed by atoms with Gasteiger partial charge in [0.15, 0.2) is 0 Å². The molecule has 10 aromatic carbocycles. The quantitative estimate of drug-likeness (QED) is 0.148. The zero-order valence-corrected chi connectivity index (χ0v) is 34.6. The van der Waals surface area contributed by atoms with Crippen molar-refractivity contribution < 1.29 is 0 Å². The Morgan fingerprint density at radius 3 is 1.59 bits per heavy atom. The highest BCUT2D eigenvalue weighted by Crippen LogP contribution is 2.44. The summed E-state index contributed by atoms with van der Waals surface area (Å²) in [7, 11) is 0. The molecule has 0 spiro atoms. The van der Waals surface area contributed by atoms with E-state index in [4.69, 9.17) is 0 Å². The van der Waals surface area contributed by atoms with Gasteiger partial charge in [0.1, 0.15) is 0 Å². The van der Waals surface area contributed by atoms with E-state index in [1.54, 1.807) is 0 Å². The van der Waals surface area contributed by atoms with Gasteiger partial charge >= 0.3 is 0 Å². The Morgan fingerprint density at radius 1 is 0.328 bits per heavy atom. The lowest BCUT2D eigenvalue weighted by molar-refractivity contribution is 1.29. The fourth-order valence-electron chi connectivity index (χ4n) is 9.05. The van der Waals surface area contributed by atoms with Crippen LogP contribution in [0, 0.1) is 6.92 Å². The standard InChI is InChI=1S/C59H41NS/c1-40-14-13-23-56-58(40)54-37-34-50(39-57(54)61-56)60(49-32-26-45(27-33-49)53-36-28-44-19-11-12-22-52(44)59(53)46-20-9-4-10-21-46)48-30-24-41(25-31-48)47-29-35-51(42-15-5-2-6-16-42)55(38-47)43-17-7-3-8-18-43/h2-39H,1H3. The van der Waals surface area contributed by atoms with Crippen molar-refractivity contribution in [2.24, 2.45) is 0 Å². The first kappa shape index (κ1) is 36.6. The molecule has 0 atom stereocenters. The normalized spacial score (nSPS) is 11.4. The largest absolute Gasteiger partial charge is 0.310 e. The summed E-state index contributed by atoms with van der Waals surface area (Å²) in [5.41, 5.74) is 16.8. The van der Waals surface area contributed by atoms with Gasteiger partial charge in [-0.1, -0.05) is 182 Å². The summed E-state index contributed by atoms with van der Waals surface area (Å²) in [5, 5.41) is 5.17. The van der Waals surface area contributed by atoms with Crippen molar-refractivity contribution in [2.75, 3.05) is 4.90 Å². The number of thiophene rings is 1. The predicted molar refractivity (Wildman–Crippen MR) is 263 cm³/mol. The number of anilines is 3. The van der Waals surface area contributed by atoms with Crippen LogP contribution in [0.4, 0.5) is 17.1 Å². The Kier molecular flexibility index (Phi) is 9.34. The number of hydrogen-bond donors (Lipinski definition) is 0. The van der Waals surface area contributed by atoms with Crippen LogP contribution in [0.15, 0.2) is 231 Å². The molecule has 1 heterocycles. The van der Waals surface area contributed by atoms with Crippen molar-refractivity contribution in [1.29, 1.82) is 0 Å². The zero-order valence-electron chi connectivity index (χ0n) is 33.8. The summed E-state index contributed by atoms with van der Waals surface area (Å²) >= 11 is 1.87. The molecule has 0 aliphatic rings. The molecule has 11 aromatic rings. The maximum absolute atomic E-state index is 2.40. The first-order chi connectivity index (χ1) is 30.2. The third kappa shape index (κ3) is 6.78. The second kappa shape index (κ2) is 15.6. The molecule has 61 heavy (non-hydrogen) atoms. The molecule has 1 nitrogen and oxygen atoms in total. The van der Waals surface area contributed by atoms with Crippen molar-refractivity contribution in [2.45, 2.75) is 6.92 Å². The lowest BCUT2D eigenvalue weighted by Gasteiger charge is -2.26. The zero-order chi connectivity index (χ0) is 40.7. The van der Waals surface area contributed by atoms with Gasteiger partial charge in [-0.3, -0.25) is 0 Å². The van der Waals surface area contributed by atoms with Gasteiger partial charge in [0, 0.05) is 37.2 Å². The molecule has 0 bridgehead atoms. The molecular formula is C59H41NS. The van der Waals surface area contributed by atoms with Crippen LogP contribution in [0.3, 0.4) is 0 Å². The molecule has 0 aliphatic heterocycles. The average Bonchev–Trinajstić information content (AvgIpc) is 3.72. The van der Waals surface area contributed by atoms with Crippen molar-refractivity contribution in [1.82, 2.24) is 0 Å². The van der Waals surface area contributed by atoms with Gasteiger partial charge in [-0.05, 0) is 127 Å². The first-order valence-corrected chi connectivity index (χ1v) is 21.7. The highest BCUT2D eigenvalue weighted by atomic mass is 32.1. The Hall–Kier alpha value is -7.52. The fraction of sp³-hybridized carbons (Fsp3) is 0.0169. The Labute approximate surface area is 361 Å². The van der Waals surface area contributed by atoms with Gasteiger partial charge in [0.2, 0.25) is 0 Å². The number of benzene rings is 10. The van der Waals surface area contributed by atoms with E-state index < -0.39 is 0 Å². The Bertz CT molecular complexity index is 3330. The maximum Gasteiger partial charge on any atom is 0.0476 e. The molecule has 0 saturated heterocycles. The minimum atomic E-state index is 1.10. The number of aryl methyl sites for hydroxylation is 1. The molecular weight excluding hydrogens is 755 g/mol. The van der Waals surface area contributed by atoms with Crippen LogP contribution in [0.1, 0.15) is 5.56 Å². The van der Waals surface area contributed by atoms with Crippen molar-refractivity contribution in [3.8, 4) is 55.6 Å². The van der Waals surface area contributed by atoms with Gasteiger partial charge in [0.25, 0.3) is 0 Å². The summed E-state index contributed by atoms with van der Waals surface area (Å²) < 4.78 is 2.61. The highest BCUT2D eigenvalue weighted by molar-refractivity contribution is 7.25. The van der Waals surface area contributed by atoms with Gasteiger partial charge in [-0.25, -0.2) is 0 Å². The van der Waals surface area contributed by atoms with E-state index in [9.17, 15) is 0 Å². The molecule has 0 fully saturated rings. The molecule has 11 rings (SSSR count). The SMILES string of the molecule is Cc1cccc2sc3cc(N(c4ccc(-c5ccc(-c6ccccc6)c(-c6ccccc6)c5)cc4)c4ccc(-c5ccc6ccccc6c5-c5ccccc5)cc4)ccc3c12. The van der Waals surface area contributed by atoms with Crippen LogP contribution >= 0.6 is 11.3 Å². The predicted octanol–water partition coefficient (Wildman–Crippen LogP) is 17.3. The summed E-state index contributed by atoms with van der Waals surface area (Å²) in [6, 6.07) is 84.1. The molecule has 0 N–H and O–H groups in total. The topological polar surface area (TPSA) is 3.24 Å². The second-order valence-electron chi connectivity index (χ2n) is 15.7. The summed E-state index contributed by atoms with van der Waals surface area (Å²) in [6.45, 7) is 2.22. The number of nitrogens with zero attached hydrogens (tertiary/aromatic N) is 1. The lowest BCUT2D eigenvalue weighted by atomic mass is 9.90. The smallest absolute Gasteiger partial charge is 0.0476 e. The maximum atomic E-state index is 2.40. The average molecular weight is 796 g/mol. The van der Waals surface area contributed by atoms with E-state index >= 15 is 0 Å².